The summed E-state index contributed by atoms with van der Waals surface area (Å²) in [4.78, 5) is 27.2. The standard InChI is InChI=1S/C27H31N3O4/c1-17(2)27(32)30-11-10-28-26(31)22-7-5-6-20(14-22)15-23-16-21(8-9-24(23)33-13-12-30)25-18(3)29-34-19(25)4/h5-9,14,16-17H,10-13,15H2,1-4H3,(H,28,31). The molecule has 4 rings (SSSR count). The van der Waals surface area contributed by atoms with E-state index in [-0.39, 0.29) is 17.7 Å². The van der Waals surface area contributed by atoms with Crippen molar-refractivity contribution in [1.82, 2.24) is 15.4 Å². The van der Waals surface area contributed by atoms with Crippen LogP contribution in [-0.2, 0) is 11.2 Å². The Kier molecular flexibility index (Phi) is 7.01. The first-order chi connectivity index (χ1) is 16.3. The van der Waals surface area contributed by atoms with Gasteiger partial charge in [0, 0.05) is 36.6 Å². The fourth-order valence-corrected chi connectivity index (χ4v) is 4.32. The third-order valence-corrected chi connectivity index (χ3v) is 6.06. The molecule has 0 atom stereocenters. The first kappa shape index (κ1) is 23.5. The van der Waals surface area contributed by atoms with E-state index in [2.05, 4.69) is 16.5 Å². The number of amides is 2. The highest BCUT2D eigenvalue weighted by Crippen LogP contribution is 2.32. The van der Waals surface area contributed by atoms with Crippen LogP contribution in [0.2, 0.25) is 0 Å². The van der Waals surface area contributed by atoms with E-state index in [9.17, 15) is 9.59 Å². The molecule has 178 valence electrons. The quantitative estimate of drug-likeness (QED) is 0.620. The number of aromatic nitrogens is 1. The van der Waals surface area contributed by atoms with E-state index < -0.39 is 0 Å². The summed E-state index contributed by atoms with van der Waals surface area (Å²) in [6.07, 6.45) is 0.600. The van der Waals surface area contributed by atoms with Gasteiger partial charge in [-0.2, -0.15) is 0 Å². The lowest BCUT2D eigenvalue weighted by atomic mass is 9.96. The van der Waals surface area contributed by atoms with Crippen LogP contribution in [0, 0.1) is 19.8 Å². The van der Waals surface area contributed by atoms with Gasteiger partial charge < -0.3 is 19.5 Å². The highest BCUT2D eigenvalue weighted by Gasteiger charge is 2.19. The zero-order valence-corrected chi connectivity index (χ0v) is 20.2. The molecule has 2 heterocycles. The molecular weight excluding hydrogens is 430 g/mol. The summed E-state index contributed by atoms with van der Waals surface area (Å²) in [7, 11) is 0. The van der Waals surface area contributed by atoms with Gasteiger partial charge in [0.05, 0.1) is 12.2 Å². The SMILES string of the molecule is Cc1noc(C)c1-c1ccc2c(c1)Cc1cccc(c1)C(=O)NCCN(C(=O)C(C)C)CCO2. The fourth-order valence-electron chi connectivity index (χ4n) is 4.32. The number of fused-ring (bicyclic) bond motifs is 3. The first-order valence-corrected chi connectivity index (χ1v) is 11.7. The zero-order valence-electron chi connectivity index (χ0n) is 20.2. The molecule has 0 radical (unpaired) electrons. The lowest BCUT2D eigenvalue weighted by Crippen LogP contribution is -2.42. The number of aryl methyl sites for hydroxylation is 2. The summed E-state index contributed by atoms with van der Waals surface area (Å²) in [5.41, 5.74) is 5.42. The number of benzene rings is 2. The van der Waals surface area contributed by atoms with Gasteiger partial charge in [0.15, 0.2) is 0 Å². The van der Waals surface area contributed by atoms with Crippen LogP contribution in [0.1, 0.15) is 46.8 Å². The van der Waals surface area contributed by atoms with Crippen LogP contribution in [0.25, 0.3) is 11.1 Å². The van der Waals surface area contributed by atoms with E-state index in [1.165, 1.54) is 0 Å². The van der Waals surface area contributed by atoms with Crippen molar-refractivity contribution < 1.29 is 18.8 Å². The fraction of sp³-hybridized carbons (Fsp3) is 0.370. The second kappa shape index (κ2) is 10.1. The van der Waals surface area contributed by atoms with Crippen molar-refractivity contribution in [3.63, 3.8) is 0 Å². The van der Waals surface area contributed by atoms with Crippen molar-refractivity contribution >= 4 is 11.8 Å². The predicted molar refractivity (Wildman–Crippen MR) is 130 cm³/mol. The minimum atomic E-state index is -0.142. The molecular formula is C27H31N3O4. The summed E-state index contributed by atoms with van der Waals surface area (Å²) < 4.78 is 11.6. The third-order valence-electron chi connectivity index (χ3n) is 6.06. The van der Waals surface area contributed by atoms with Crippen LogP contribution < -0.4 is 10.1 Å². The van der Waals surface area contributed by atoms with Crippen molar-refractivity contribution in [2.75, 3.05) is 26.2 Å². The van der Waals surface area contributed by atoms with Crippen LogP contribution >= 0.6 is 0 Å². The largest absolute Gasteiger partial charge is 0.491 e. The van der Waals surface area contributed by atoms with E-state index in [0.717, 1.165) is 39.5 Å². The monoisotopic (exact) mass is 461 g/mol. The zero-order chi connectivity index (χ0) is 24.2. The van der Waals surface area contributed by atoms with E-state index in [0.29, 0.717) is 38.2 Å². The van der Waals surface area contributed by atoms with Crippen LogP contribution in [0.15, 0.2) is 47.0 Å². The second-order valence-corrected chi connectivity index (χ2v) is 8.98. The molecule has 0 spiro atoms. The molecule has 2 bridgehead atoms. The molecule has 7 heteroatoms. The molecule has 0 saturated carbocycles. The predicted octanol–water partition coefficient (Wildman–Crippen LogP) is 4.16. The molecule has 2 amide bonds. The minimum Gasteiger partial charge on any atom is -0.491 e. The number of nitrogens with zero attached hydrogens (tertiary/aromatic N) is 2. The lowest BCUT2D eigenvalue weighted by Gasteiger charge is -2.25. The maximum absolute atomic E-state index is 12.7. The number of nitrogens with one attached hydrogen (secondary N) is 1. The normalized spacial score (nSPS) is 14.7. The molecule has 0 unspecified atom stereocenters. The summed E-state index contributed by atoms with van der Waals surface area (Å²) in [6.45, 7) is 9.22. The number of ether oxygens (including phenoxy) is 1. The molecule has 1 aromatic heterocycles. The Balaban J connectivity index is 1.72. The Bertz CT molecular complexity index is 1180. The Morgan fingerprint density at radius 1 is 1.09 bits per heavy atom. The smallest absolute Gasteiger partial charge is 0.251 e. The number of hydrogen-bond acceptors (Lipinski definition) is 5. The topological polar surface area (TPSA) is 84.7 Å². The van der Waals surface area contributed by atoms with Gasteiger partial charge in [0.2, 0.25) is 5.91 Å². The average molecular weight is 462 g/mol. The van der Waals surface area contributed by atoms with Gasteiger partial charge in [0.1, 0.15) is 18.1 Å². The van der Waals surface area contributed by atoms with E-state index in [4.69, 9.17) is 9.26 Å². The summed E-state index contributed by atoms with van der Waals surface area (Å²) in [5.74, 6) is 1.30. The van der Waals surface area contributed by atoms with E-state index >= 15 is 0 Å². The molecule has 0 fully saturated rings. The lowest BCUT2D eigenvalue weighted by molar-refractivity contribution is -0.134. The van der Waals surface area contributed by atoms with Gasteiger partial charge in [-0.25, -0.2) is 0 Å². The van der Waals surface area contributed by atoms with Gasteiger partial charge in [-0.05, 0) is 54.8 Å². The summed E-state index contributed by atoms with van der Waals surface area (Å²) in [6, 6.07) is 13.7. The Labute approximate surface area is 200 Å². The summed E-state index contributed by atoms with van der Waals surface area (Å²) in [5, 5.41) is 7.02. The first-order valence-electron chi connectivity index (χ1n) is 11.7. The minimum absolute atomic E-state index is 0.0425. The van der Waals surface area contributed by atoms with E-state index in [1.54, 1.807) is 11.0 Å². The Morgan fingerprint density at radius 3 is 2.65 bits per heavy atom. The van der Waals surface area contributed by atoms with Crippen LogP contribution in [0.5, 0.6) is 5.75 Å². The molecule has 2 aromatic carbocycles. The van der Waals surface area contributed by atoms with Crippen LogP contribution in [0.4, 0.5) is 0 Å². The second-order valence-electron chi connectivity index (χ2n) is 8.98. The summed E-state index contributed by atoms with van der Waals surface area (Å²) >= 11 is 0. The maximum Gasteiger partial charge on any atom is 0.251 e. The van der Waals surface area contributed by atoms with Crippen molar-refractivity contribution in [2.24, 2.45) is 5.92 Å². The number of hydrogen-bond donors (Lipinski definition) is 1. The van der Waals surface area contributed by atoms with Crippen molar-refractivity contribution in [2.45, 2.75) is 34.1 Å². The van der Waals surface area contributed by atoms with Gasteiger partial charge in [-0.1, -0.05) is 37.2 Å². The Morgan fingerprint density at radius 2 is 1.91 bits per heavy atom. The van der Waals surface area contributed by atoms with Gasteiger partial charge in [-0.3, -0.25) is 9.59 Å². The van der Waals surface area contributed by atoms with Crippen molar-refractivity contribution in [1.29, 1.82) is 0 Å². The molecule has 1 aliphatic heterocycles. The van der Waals surface area contributed by atoms with Crippen molar-refractivity contribution in [3.05, 3.63) is 70.6 Å². The maximum atomic E-state index is 12.7. The molecule has 7 nitrogen and oxygen atoms in total. The Hall–Kier alpha value is -3.61. The molecule has 34 heavy (non-hydrogen) atoms. The van der Waals surface area contributed by atoms with E-state index in [1.807, 2.05) is 58.0 Å². The average Bonchev–Trinajstić information content (AvgIpc) is 3.15. The molecule has 0 aliphatic carbocycles. The third kappa shape index (κ3) is 5.14. The highest BCUT2D eigenvalue weighted by atomic mass is 16.5. The molecule has 1 aliphatic rings. The van der Waals surface area contributed by atoms with Gasteiger partial charge in [0.25, 0.3) is 5.91 Å². The van der Waals surface area contributed by atoms with Crippen LogP contribution in [-0.4, -0.2) is 48.1 Å². The number of rotatable bonds is 2. The van der Waals surface area contributed by atoms with Crippen LogP contribution in [0.3, 0.4) is 0 Å². The van der Waals surface area contributed by atoms with Crippen molar-refractivity contribution in [3.8, 4) is 16.9 Å². The molecule has 1 N–H and O–H groups in total. The molecule has 0 saturated heterocycles. The van der Waals surface area contributed by atoms with Gasteiger partial charge >= 0.3 is 0 Å². The molecule has 3 aromatic rings. The van der Waals surface area contributed by atoms with Gasteiger partial charge in [-0.15, -0.1) is 0 Å². The number of carbonyl (C=O) groups is 2. The highest BCUT2D eigenvalue weighted by molar-refractivity contribution is 5.94. The number of carbonyl (C=O) groups excluding carboxylic acids is 2.